The summed E-state index contributed by atoms with van der Waals surface area (Å²) >= 11 is 0. The first kappa shape index (κ1) is 8.58. The van der Waals surface area contributed by atoms with Crippen LogP contribution in [0.1, 0.15) is 41.5 Å². The molecule has 0 amide bonds. The third-order valence-electron chi connectivity index (χ3n) is 2.44. The predicted octanol–water partition coefficient (Wildman–Crippen LogP) is 3.70. The molecule has 0 aliphatic heterocycles. The van der Waals surface area contributed by atoms with E-state index in [9.17, 15) is 0 Å². The van der Waals surface area contributed by atoms with Crippen molar-refractivity contribution in [3.63, 3.8) is 0 Å². The van der Waals surface area contributed by atoms with Gasteiger partial charge >= 0.3 is 0 Å². The topological polar surface area (TPSA) is 0 Å². The Kier molecular flexibility index (Phi) is 1.74. The zero-order valence-corrected chi connectivity index (χ0v) is 8.50. The first-order chi connectivity index (χ1) is 4.89. The van der Waals surface area contributed by atoms with Gasteiger partial charge in [0.25, 0.3) is 0 Å². The summed E-state index contributed by atoms with van der Waals surface area (Å²) in [6.07, 6.45) is 0. The van der Waals surface area contributed by atoms with Gasteiger partial charge in [-0.05, 0) is 38.8 Å². The van der Waals surface area contributed by atoms with Crippen molar-refractivity contribution in [2.24, 2.45) is 5.41 Å². The molecule has 0 heterocycles. The average molecular weight is 150 g/mol. The molecule has 0 aromatic carbocycles. The van der Waals surface area contributed by atoms with Crippen LogP contribution in [0.5, 0.6) is 0 Å². The molecule has 1 aliphatic rings. The van der Waals surface area contributed by atoms with Crippen molar-refractivity contribution in [2.45, 2.75) is 41.5 Å². The minimum atomic E-state index is 0.387. The van der Waals surface area contributed by atoms with E-state index < -0.39 is 0 Å². The van der Waals surface area contributed by atoms with E-state index in [1.807, 2.05) is 0 Å². The molecule has 0 N–H and O–H groups in total. The first-order valence-corrected chi connectivity index (χ1v) is 4.25. The van der Waals surface area contributed by atoms with Gasteiger partial charge in [-0.15, -0.1) is 0 Å². The van der Waals surface area contributed by atoms with Gasteiger partial charge in [-0.3, -0.25) is 0 Å². The summed E-state index contributed by atoms with van der Waals surface area (Å²) in [4.78, 5) is 0. The summed E-state index contributed by atoms with van der Waals surface area (Å²) in [6, 6.07) is 0. The quantitative estimate of drug-likeness (QED) is 0.494. The highest BCUT2D eigenvalue weighted by Gasteiger charge is 2.47. The first-order valence-electron chi connectivity index (χ1n) is 4.25. The number of hydrogen-bond acceptors (Lipinski definition) is 0. The molecule has 62 valence electrons. The van der Waals surface area contributed by atoms with E-state index in [0.717, 1.165) is 0 Å². The number of allylic oxidation sites excluding steroid dienone is 4. The zero-order valence-electron chi connectivity index (χ0n) is 8.50. The van der Waals surface area contributed by atoms with Gasteiger partial charge in [0, 0.05) is 5.41 Å². The van der Waals surface area contributed by atoms with Crippen LogP contribution in [0.3, 0.4) is 0 Å². The Morgan fingerprint density at radius 2 is 1.09 bits per heavy atom. The number of hydrogen-bond donors (Lipinski definition) is 0. The van der Waals surface area contributed by atoms with Crippen molar-refractivity contribution in [1.29, 1.82) is 0 Å². The molecule has 0 spiro atoms. The lowest BCUT2D eigenvalue weighted by molar-refractivity contribution is 0.731. The predicted molar refractivity (Wildman–Crippen MR) is 50.5 cm³/mol. The second kappa shape index (κ2) is 2.23. The van der Waals surface area contributed by atoms with Crippen LogP contribution in [-0.4, -0.2) is 0 Å². The normalized spacial score (nSPS) is 20.2. The SMILES string of the molecule is CC(C)=C1C(=C(C)C)C1(C)C. The average Bonchev–Trinajstić information content (AvgIpc) is 2.33. The Balaban J connectivity index is 3.15. The molecule has 1 fully saturated rings. The molecular formula is C11H18. The molecule has 0 radical (unpaired) electrons. The van der Waals surface area contributed by atoms with Crippen LogP contribution in [0.25, 0.3) is 0 Å². The van der Waals surface area contributed by atoms with Crippen molar-refractivity contribution in [3.8, 4) is 0 Å². The fourth-order valence-corrected chi connectivity index (χ4v) is 2.22. The van der Waals surface area contributed by atoms with Gasteiger partial charge < -0.3 is 0 Å². The van der Waals surface area contributed by atoms with E-state index in [2.05, 4.69) is 41.5 Å². The van der Waals surface area contributed by atoms with E-state index in [1.54, 1.807) is 11.1 Å². The zero-order chi connectivity index (χ0) is 8.81. The molecule has 0 aromatic heterocycles. The second-order valence-electron chi connectivity index (χ2n) is 4.38. The van der Waals surface area contributed by atoms with E-state index in [-0.39, 0.29) is 0 Å². The van der Waals surface area contributed by atoms with Gasteiger partial charge in [-0.25, -0.2) is 0 Å². The Labute approximate surface area is 70.0 Å². The number of rotatable bonds is 0. The lowest BCUT2D eigenvalue weighted by Gasteiger charge is -1.93. The highest BCUT2D eigenvalue weighted by atomic mass is 14.5. The van der Waals surface area contributed by atoms with E-state index in [0.29, 0.717) is 5.41 Å². The molecule has 0 unspecified atom stereocenters. The van der Waals surface area contributed by atoms with Crippen molar-refractivity contribution < 1.29 is 0 Å². The van der Waals surface area contributed by atoms with E-state index in [1.165, 1.54) is 11.1 Å². The molecular weight excluding hydrogens is 132 g/mol. The van der Waals surface area contributed by atoms with Crippen LogP contribution in [-0.2, 0) is 0 Å². The van der Waals surface area contributed by atoms with Crippen molar-refractivity contribution in [3.05, 3.63) is 22.3 Å². The smallest absolute Gasteiger partial charge is 0.0151 e. The Morgan fingerprint density at radius 1 is 0.818 bits per heavy atom. The molecule has 1 saturated carbocycles. The lowest BCUT2D eigenvalue weighted by Crippen LogP contribution is -1.83. The highest BCUT2D eigenvalue weighted by molar-refractivity contribution is 5.64. The van der Waals surface area contributed by atoms with Crippen LogP contribution < -0.4 is 0 Å². The minimum Gasteiger partial charge on any atom is -0.0720 e. The fourth-order valence-electron chi connectivity index (χ4n) is 2.22. The Morgan fingerprint density at radius 3 is 1.18 bits per heavy atom. The highest BCUT2D eigenvalue weighted by Crippen LogP contribution is 2.60. The molecule has 0 saturated heterocycles. The molecule has 1 rings (SSSR count). The van der Waals surface area contributed by atoms with Crippen LogP contribution in [0.4, 0.5) is 0 Å². The van der Waals surface area contributed by atoms with Crippen molar-refractivity contribution >= 4 is 0 Å². The van der Waals surface area contributed by atoms with Crippen LogP contribution in [0.15, 0.2) is 22.3 Å². The van der Waals surface area contributed by atoms with E-state index >= 15 is 0 Å². The van der Waals surface area contributed by atoms with Crippen LogP contribution >= 0.6 is 0 Å². The van der Waals surface area contributed by atoms with Crippen LogP contribution in [0.2, 0.25) is 0 Å². The molecule has 1 aliphatic carbocycles. The molecule has 0 aromatic rings. The third-order valence-corrected chi connectivity index (χ3v) is 2.44. The maximum Gasteiger partial charge on any atom is 0.0151 e. The Hall–Kier alpha value is -0.520. The van der Waals surface area contributed by atoms with Gasteiger partial charge in [0.2, 0.25) is 0 Å². The van der Waals surface area contributed by atoms with Gasteiger partial charge in [0.1, 0.15) is 0 Å². The molecule has 0 nitrogen and oxygen atoms in total. The summed E-state index contributed by atoms with van der Waals surface area (Å²) < 4.78 is 0. The van der Waals surface area contributed by atoms with Crippen LogP contribution in [0, 0.1) is 5.41 Å². The monoisotopic (exact) mass is 150 g/mol. The molecule has 0 bridgehead atoms. The largest absolute Gasteiger partial charge is 0.0720 e. The summed E-state index contributed by atoms with van der Waals surface area (Å²) in [6.45, 7) is 13.4. The van der Waals surface area contributed by atoms with Gasteiger partial charge in [-0.2, -0.15) is 0 Å². The van der Waals surface area contributed by atoms with E-state index in [4.69, 9.17) is 0 Å². The van der Waals surface area contributed by atoms with Gasteiger partial charge in [0.05, 0.1) is 0 Å². The standard InChI is InChI=1S/C11H18/c1-7(2)9-10(8(3)4)11(9,5)6/h1-6H3. The van der Waals surface area contributed by atoms with Crippen molar-refractivity contribution in [2.75, 3.05) is 0 Å². The van der Waals surface area contributed by atoms with Gasteiger partial charge in [0.15, 0.2) is 0 Å². The summed E-state index contributed by atoms with van der Waals surface area (Å²) in [5, 5.41) is 0. The third kappa shape index (κ3) is 1.15. The van der Waals surface area contributed by atoms with Crippen molar-refractivity contribution in [1.82, 2.24) is 0 Å². The molecule has 11 heavy (non-hydrogen) atoms. The fraction of sp³-hybridized carbons (Fsp3) is 0.636. The Bertz CT molecular complexity index is 215. The second-order valence-corrected chi connectivity index (χ2v) is 4.38. The maximum atomic E-state index is 2.30. The lowest BCUT2D eigenvalue weighted by atomic mass is 10.1. The molecule has 0 heteroatoms. The maximum absolute atomic E-state index is 2.30. The minimum absolute atomic E-state index is 0.387. The molecule has 0 atom stereocenters. The summed E-state index contributed by atoms with van der Waals surface area (Å²) in [5.41, 5.74) is 6.50. The summed E-state index contributed by atoms with van der Waals surface area (Å²) in [5.74, 6) is 0. The summed E-state index contributed by atoms with van der Waals surface area (Å²) in [7, 11) is 0. The van der Waals surface area contributed by atoms with Gasteiger partial charge in [-0.1, -0.05) is 25.0 Å².